The highest BCUT2D eigenvalue weighted by molar-refractivity contribution is 7.12. The molecule has 2 aliphatic heterocycles. The van der Waals surface area contributed by atoms with Crippen LogP contribution in [-0.4, -0.2) is 51.1 Å². The maximum atomic E-state index is 12.7. The predicted octanol–water partition coefficient (Wildman–Crippen LogP) is 2.35. The van der Waals surface area contributed by atoms with Gasteiger partial charge >= 0.3 is 0 Å². The fourth-order valence-electron chi connectivity index (χ4n) is 4.48. The Hall–Kier alpha value is -2.22. The lowest BCUT2D eigenvalue weighted by atomic mass is 9.80. The number of nitrogens with zero attached hydrogens (tertiary/aromatic N) is 4. The first-order chi connectivity index (χ1) is 13.6. The Kier molecular flexibility index (Phi) is 4.45. The molecule has 2 amide bonds. The molecule has 2 fully saturated rings. The Bertz CT molecular complexity index is 889. The Morgan fingerprint density at radius 2 is 2.07 bits per heavy atom. The molecule has 0 unspecified atom stereocenters. The molecule has 2 aromatic rings. The van der Waals surface area contributed by atoms with Gasteiger partial charge in [-0.25, -0.2) is 0 Å². The van der Waals surface area contributed by atoms with Gasteiger partial charge in [0.25, 0.3) is 11.8 Å². The molecule has 1 saturated carbocycles. The number of carbonyl (C=O) groups excluding carboxylic acids is 2. The van der Waals surface area contributed by atoms with Crippen LogP contribution < -0.4 is 5.32 Å². The summed E-state index contributed by atoms with van der Waals surface area (Å²) in [6.07, 6.45) is 6.19. The topological polar surface area (TPSA) is 80.1 Å². The Balaban J connectivity index is 1.26. The van der Waals surface area contributed by atoms with Gasteiger partial charge in [-0.15, -0.1) is 21.5 Å². The number of nitrogens with one attached hydrogen (secondary N) is 1. The summed E-state index contributed by atoms with van der Waals surface area (Å²) in [6, 6.07) is 3.83. The first-order valence-electron chi connectivity index (χ1n) is 10.2. The van der Waals surface area contributed by atoms with Gasteiger partial charge < -0.3 is 14.8 Å². The maximum absolute atomic E-state index is 12.7. The van der Waals surface area contributed by atoms with E-state index in [1.807, 2.05) is 27.0 Å². The van der Waals surface area contributed by atoms with Crippen LogP contribution in [0.25, 0.3) is 0 Å². The third-order valence-corrected chi connectivity index (χ3v) is 7.34. The van der Waals surface area contributed by atoms with E-state index in [4.69, 9.17) is 0 Å². The second kappa shape index (κ2) is 6.99. The molecule has 5 rings (SSSR count). The smallest absolute Gasteiger partial charge is 0.289 e. The predicted molar refractivity (Wildman–Crippen MR) is 105 cm³/mol. The van der Waals surface area contributed by atoms with Gasteiger partial charge in [-0.3, -0.25) is 9.59 Å². The highest BCUT2D eigenvalue weighted by Gasteiger charge is 2.42. The minimum atomic E-state index is -0.109. The van der Waals surface area contributed by atoms with Crippen LogP contribution in [0, 0.1) is 11.3 Å². The second-order valence-electron chi connectivity index (χ2n) is 8.45. The van der Waals surface area contributed by atoms with Crippen molar-refractivity contribution < 1.29 is 9.59 Å². The molecule has 7 nitrogen and oxygen atoms in total. The summed E-state index contributed by atoms with van der Waals surface area (Å²) < 4.78 is 2.00. The first kappa shape index (κ1) is 17.8. The van der Waals surface area contributed by atoms with Crippen LogP contribution in [0.15, 0.2) is 17.5 Å². The van der Waals surface area contributed by atoms with Crippen molar-refractivity contribution >= 4 is 23.2 Å². The third-order valence-electron chi connectivity index (χ3n) is 6.48. The van der Waals surface area contributed by atoms with Crippen LogP contribution in [0.4, 0.5) is 0 Å². The first-order valence-corrected chi connectivity index (χ1v) is 11.0. The van der Waals surface area contributed by atoms with Crippen molar-refractivity contribution in [3.63, 3.8) is 0 Å². The fourth-order valence-corrected chi connectivity index (χ4v) is 5.18. The number of likely N-dealkylation sites (tertiary alicyclic amines) is 1. The number of rotatable bonds is 4. The normalized spacial score (nSPS) is 24.2. The number of aromatic nitrogens is 3. The van der Waals surface area contributed by atoms with E-state index in [0.29, 0.717) is 11.7 Å². The van der Waals surface area contributed by atoms with Crippen molar-refractivity contribution in [3.8, 4) is 0 Å². The summed E-state index contributed by atoms with van der Waals surface area (Å²) in [4.78, 5) is 28.1. The number of amides is 2. The molecule has 1 aliphatic carbocycles. The van der Waals surface area contributed by atoms with Crippen molar-refractivity contribution in [3.05, 3.63) is 34.0 Å². The summed E-state index contributed by atoms with van der Waals surface area (Å²) in [5, 5.41) is 13.4. The molecular weight excluding hydrogens is 374 g/mol. The lowest BCUT2D eigenvalue weighted by Crippen LogP contribution is -2.32. The summed E-state index contributed by atoms with van der Waals surface area (Å²) in [7, 11) is 0. The van der Waals surface area contributed by atoms with Crippen molar-refractivity contribution in [2.24, 2.45) is 11.3 Å². The lowest BCUT2D eigenvalue weighted by molar-refractivity contribution is 0.0772. The minimum Gasteiger partial charge on any atom is -0.349 e. The highest BCUT2D eigenvalue weighted by atomic mass is 32.1. The standard InChI is InChI=1S/C20H25N5O2S/c26-18(21-12-14-3-4-14)17-23-22-16-5-6-20(8-10-25(16)17)7-9-24(13-20)19(27)15-2-1-11-28-15/h1-2,11,14H,3-10,12-13H2,(H,21,26)/t20-/m0/s1. The number of carbonyl (C=O) groups is 2. The van der Waals surface area contributed by atoms with Gasteiger partial charge in [0.05, 0.1) is 4.88 Å². The summed E-state index contributed by atoms with van der Waals surface area (Å²) in [6.45, 7) is 3.09. The molecule has 1 spiro atoms. The number of thiophene rings is 1. The zero-order valence-electron chi connectivity index (χ0n) is 15.9. The molecule has 1 atom stereocenters. The van der Waals surface area contributed by atoms with E-state index >= 15 is 0 Å². The molecule has 4 heterocycles. The van der Waals surface area contributed by atoms with Crippen molar-refractivity contribution in [1.29, 1.82) is 0 Å². The molecule has 1 saturated heterocycles. The lowest BCUT2D eigenvalue weighted by Gasteiger charge is -2.27. The summed E-state index contributed by atoms with van der Waals surface area (Å²) in [5.41, 5.74) is 0.120. The van der Waals surface area contributed by atoms with Gasteiger partial charge in [0.2, 0.25) is 5.82 Å². The van der Waals surface area contributed by atoms with Gasteiger partial charge in [-0.1, -0.05) is 6.07 Å². The van der Waals surface area contributed by atoms with Crippen molar-refractivity contribution in [1.82, 2.24) is 25.0 Å². The molecule has 0 radical (unpaired) electrons. The van der Waals surface area contributed by atoms with Crippen LogP contribution in [0.2, 0.25) is 0 Å². The van der Waals surface area contributed by atoms with Gasteiger partial charge in [0.1, 0.15) is 5.82 Å². The third kappa shape index (κ3) is 3.34. The van der Waals surface area contributed by atoms with Gasteiger partial charge in [-0.05, 0) is 54.9 Å². The van der Waals surface area contributed by atoms with Crippen LogP contribution in [0.1, 0.15) is 58.2 Å². The zero-order chi connectivity index (χ0) is 19.1. The van der Waals surface area contributed by atoms with Crippen LogP contribution in [0.3, 0.4) is 0 Å². The molecule has 0 bridgehead atoms. The Morgan fingerprint density at radius 1 is 1.21 bits per heavy atom. The molecule has 28 heavy (non-hydrogen) atoms. The summed E-state index contributed by atoms with van der Waals surface area (Å²) in [5.74, 6) is 2.02. The van der Waals surface area contributed by atoms with E-state index in [1.54, 1.807) is 0 Å². The van der Waals surface area contributed by atoms with Gasteiger partial charge in [0.15, 0.2) is 0 Å². The van der Waals surface area contributed by atoms with E-state index < -0.39 is 0 Å². The number of hydrogen-bond acceptors (Lipinski definition) is 5. The van der Waals surface area contributed by atoms with E-state index in [2.05, 4.69) is 15.5 Å². The zero-order valence-corrected chi connectivity index (χ0v) is 16.7. The second-order valence-corrected chi connectivity index (χ2v) is 9.40. The largest absolute Gasteiger partial charge is 0.349 e. The van der Waals surface area contributed by atoms with Crippen LogP contribution in [-0.2, 0) is 13.0 Å². The highest BCUT2D eigenvalue weighted by Crippen LogP contribution is 2.41. The summed E-state index contributed by atoms with van der Waals surface area (Å²) >= 11 is 1.51. The average molecular weight is 400 g/mol. The van der Waals surface area contributed by atoms with E-state index in [-0.39, 0.29) is 17.2 Å². The molecule has 3 aliphatic rings. The molecule has 2 aromatic heterocycles. The monoisotopic (exact) mass is 399 g/mol. The van der Waals surface area contributed by atoms with E-state index in [0.717, 1.165) is 62.6 Å². The van der Waals surface area contributed by atoms with Crippen LogP contribution in [0.5, 0.6) is 0 Å². The minimum absolute atomic E-state index is 0.109. The number of hydrogen-bond donors (Lipinski definition) is 1. The van der Waals surface area contributed by atoms with Crippen LogP contribution >= 0.6 is 11.3 Å². The molecule has 1 N–H and O–H groups in total. The fraction of sp³-hybridized carbons (Fsp3) is 0.600. The average Bonchev–Trinajstić information content (AvgIpc) is 3.10. The number of aryl methyl sites for hydroxylation is 1. The van der Waals surface area contributed by atoms with Crippen molar-refractivity contribution in [2.75, 3.05) is 19.6 Å². The molecular formula is C20H25N5O2S. The van der Waals surface area contributed by atoms with Crippen molar-refractivity contribution in [2.45, 2.75) is 45.1 Å². The maximum Gasteiger partial charge on any atom is 0.289 e. The SMILES string of the molecule is O=C(NCC1CC1)c1nnc2n1CC[C@]1(CC2)CCN(C(=O)c2cccs2)C1. The Labute approximate surface area is 168 Å². The Morgan fingerprint density at radius 3 is 2.86 bits per heavy atom. The van der Waals surface area contributed by atoms with Gasteiger partial charge in [0, 0.05) is 32.6 Å². The number of fused-ring (bicyclic) bond motifs is 1. The molecule has 148 valence electrons. The molecule has 0 aromatic carbocycles. The van der Waals surface area contributed by atoms with E-state index in [9.17, 15) is 9.59 Å². The molecule has 8 heteroatoms. The quantitative estimate of drug-likeness (QED) is 0.856. The van der Waals surface area contributed by atoms with E-state index in [1.165, 1.54) is 24.2 Å². The van der Waals surface area contributed by atoms with Gasteiger partial charge in [-0.2, -0.15) is 0 Å².